The highest BCUT2D eigenvalue weighted by atomic mass is 79.9. The Kier molecular flexibility index (Phi) is 5.78. The van der Waals surface area contributed by atoms with Crippen molar-refractivity contribution in [3.05, 3.63) is 28.8 Å². The van der Waals surface area contributed by atoms with Gasteiger partial charge in [0.1, 0.15) is 5.75 Å². The lowest BCUT2D eigenvalue weighted by molar-refractivity contribution is 0.0935. The monoisotopic (exact) mass is 319 g/mol. The number of phenols is 1. The zero-order valence-corrected chi connectivity index (χ0v) is 11.9. The largest absolute Gasteiger partial charge is 0.508 e. The molecule has 0 aliphatic rings. The van der Waals surface area contributed by atoms with Gasteiger partial charge in [-0.3, -0.25) is 4.79 Å². The van der Waals surface area contributed by atoms with E-state index in [0.29, 0.717) is 10.6 Å². The van der Waals surface area contributed by atoms with E-state index in [1.54, 1.807) is 0 Å². The topological polar surface area (TPSA) is 49.3 Å². The van der Waals surface area contributed by atoms with Crippen LogP contribution in [0, 0.1) is 0 Å². The molecule has 1 amide bonds. The molecule has 1 rings (SSSR count). The van der Waals surface area contributed by atoms with Gasteiger partial charge in [-0.2, -0.15) is 0 Å². The van der Waals surface area contributed by atoms with E-state index in [1.165, 1.54) is 18.2 Å². The number of carbonyl (C=O) groups is 1. The maximum atomic E-state index is 11.9. The summed E-state index contributed by atoms with van der Waals surface area (Å²) in [4.78, 5) is 11.9. The molecule has 2 N–H and O–H groups in total. The molecule has 0 saturated carbocycles. The number of nitrogens with one attached hydrogen (secondary N) is 1. The van der Waals surface area contributed by atoms with Gasteiger partial charge in [-0.05, 0) is 31.0 Å². The average Bonchev–Trinajstić information content (AvgIpc) is 2.31. The molecule has 1 unspecified atom stereocenters. The lowest BCUT2D eigenvalue weighted by Gasteiger charge is -2.16. The summed E-state index contributed by atoms with van der Waals surface area (Å²) in [5.41, 5.74) is 0.305. The fourth-order valence-corrected chi connectivity index (χ4v) is 2.22. The van der Waals surface area contributed by atoms with Crippen LogP contribution in [0.25, 0.3) is 0 Å². The molecular weight excluding hydrogens is 305 g/mol. The van der Waals surface area contributed by atoms with Crippen LogP contribution in [-0.2, 0) is 0 Å². The van der Waals surface area contributed by atoms with Crippen LogP contribution in [-0.4, -0.2) is 22.4 Å². The zero-order chi connectivity index (χ0) is 12.8. The molecule has 1 atom stereocenters. The van der Waals surface area contributed by atoms with Gasteiger partial charge < -0.3 is 10.4 Å². The smallest absolute Gasteiger partial charge is 0.253 e. The summed E-state index contributed by atoms with van der Waals surface area (Å²) in [6, 6.07) is 4.45. The van der Waals surface area contributed by atoms with Crippen molar-refractivity contribution in [3.8, 4) is 5.75 Å². The van der Waals surface area contributed by atoms with Crippen LogP contribution in [0.15, 0.2) is 18.2 Å². The molecule has 0 spiro atoms. The van der Waals surface area contributed by atoms with Crippen molar-refractivity contribution >= 4 is 33.4 Å². The van der Waals surface area contributed by atoms with Crippen molar-refractivity contribution in [3.63, 3.8) is 0 Å². The molecule has 1 aromatic rings. The first-order valence-corrected chi connectivity index (χ1v) is 6.93. The minimum absolute atomic E-state index is 0.0353. The number of halogens is 2. The summed E-state index contributed by atoms with van der Waals surface area (Å²) >= 11 is 9.26. The summed E-state index contributed by atoms with van der Waals surface area (Å²) in [5, 5.41) is 13.4. The third-order valence-corrected chi connectivity index (χ3v) is 3.27. The molecule has 0 aliphatic carbocycles. The number of carbonyl (C=O) groups excluding carboxylic acids is 1. The van der Waals surface area contributed by atoms with E-state index >= 15 is 0 Å². The van der Waals surface area contributed by atoms with Crippen LogP contribution in [0.3, 0.4) is 0 Å². The Labute approximate surface area is 114 Å². The van der Waals surface area contributed by atoms with E-state index in [-0.39, 0.29) is 17.7 Å². The number of alkyl halides is 1. The van der Waals surface area contributed by atoms with Crippen molar-refractivity contribution in [2.75, 3.05) is 5.33 Å². The van der Waals surface area contributed by atoms with Gasteiger partial charge in [0.15, 0.2) is 0 Å². The second-order valence-corrected chi connectivity index (χ2v) is 4.92. The van der Waals surface area contributed by atoms with Gasteiger partial charge in [0.2, 0.25) is 0 Å². The predicted molar refractivity (Wildman–Crippen MR) is 73.1 cm³/mol. The van der Waals surface area contributed by atoms with Crippen LogP contribution in [0.5, 0.6) is 5.75 Å². The fourth-order valence-electron chi connectivity index (χ4n) is 1.46. The van der Waals surface area contributed by atoms with Crippen molar-refractivity contribution in [1.82, 2.24) is 5.32 Å². The van der Waals surface area contributed by atoms with Gasteiger partial charge in [-0.15, -0.1) is 0 Å². The van der Waals surface area contributed by atoms with Crippen LogP contribution < -0.4 is 5.32 Å². The van der Waals surface area contributed by atoms with Gasteiger partial charge in [0.05, 0.1) is 10.6 Å². The number of phenolic OH excluding ortho intramolecular Hbond substituents is 1. The molecule has 0 bridgehead atoms. The molecule has 0 aromatic heterocycles. The van der Waals surface area contributed by atoms with Crippen molar-refractivity contribution < 1.29 is 9.90 Å². The van der Waals surface area contributed by atoms with Gasteiger partial charge >= 0.3 is 0 Å². The lowest BCUT2D eigenvalue weighted by Crippen LogP contribution is -2.34. The number of rotatable bonds is 5. The van der Waals surface area contributed by atoms with E-state index in [1.807, 2.05) is 6.92 Å². The standard InChI is InChI=1S/C12H15BrClNO2/c1-2-8(5-6-13)15-12(17)10-7-9(16)3-4-11(10)14/h3-4,7-8,16H,2,5-6H2,1H3,(H,15,17). The number of amides is 1. The van der Waals surface area contributed by atoms with E-state index in [9.17, 15) is 9.90 Å². The summed E-state index contributed by atoms with van der Waals surface area (Å²) in [6.07, 6.45) is 1.71. The maximum absolute atomic E-state index is 11.9. The van der Waals surface area contributed by atoms with Crippen LogP contribution in [0.2, 0.25) is 5.02 Å². The molecule has 94 valence electrons. The minimum Gasteiger partial charge on any atom is -0.508 e. The minimum atomic E-state index is -0.251. The molecule has 0 fully saturated rings. The summed E-state index contributed by atoms with van der Waals surface area (Å²) in [6.45, 7) is 2.01. The van der Waals surface area contributed by atoms with Crippen molar-refractivity contribution in [2.24, 2.45) is 0 Å². The Hall–Kier alpha value is -0.740. The number of benzene rings is 1. The fraction of sp³-hybridized carbons (Fsp3) is 0.417. The molecule has 0 saturated heterocycles. The molecule has 5 heteroatoms. The number of hydrogen-bond acceptors (Lipinski definition) is 2. The first-order chi connectivity index (χ1) is 8.08. The second kappa shape index (κ2) is 6.87. The average molecular weight is 321 g/mol. The van der Waals surface area contributed by atoms with Crippen LogP contribution in [0.4, 0.5) is 0 Å². The first kappa shape index (κ1) is 14.3. The van der Waals surface area contributed by atoms with Gasteiger partial charge in [-0.25, -0.2) is 0 Å². The lowest BCUT2D eigenvalue weighted by atomic mass is 10.1. The Balaban J connectivity index is 2.78. The molecule has 3 nitrogen and oxygen atoms in total. The quantitative estimate of drug-likeness (QED) is 0.818. The predicted octanol–water partition coefficient (Wildman–Crippen LogP) is 3.34. The molecule has 0 aliphatic heterocycles. The number of hydrogen-bond donors (Lipinski definition) is 2. The van der Waals surface area contributed by atoms with Gasteiger partial charge in [0, 0.05) is 11.4 Å². The Morgan fingerprint density at radius 3 is 2.88 bits per heavy atom. The zero-order valence-electron chi connectivity index (χ0n) is 9.54. The SMILES string of the molecule is CCC(CCBr)NC(=O)c1cc(O)ccc1Cl. The van der Waals surface area contributed by atoms with E-state index in [2.05, 4.69) is 21.2 Å². The van der Waals surface area contributed by atoms with Crippen LogP contribution in [0.1, 0.15) is 30.1 Å². The molecule has 1 aromatic carbocycles. The Bertz CT molecular complexity index is 398. The molecule has 0 radical (unpaired) electrons. The first-order valence-electron chi connectivity index (χ1n) is 5.43. The summed E-state index contributed by atoms with van der Waals surface area (Å²) < 4.78 is 0. The van der Waals surface area contributed by atoms with Crippen molar-refractivity contribution in [2.45, 2.75) is 25.8 Å². The number of aromatic hydroxyl groups is 1. The normalized spacial score (nSPS) is 12.2. The van der Waals surface area contributed by atoms with E-state index in [4.69, 9.17) is 11.6 Å². The Morgan fingerprint density at radius 2 is 2.29 bits per heavy atom. The second-order valence-electron chi connectivity index (χ2n) is 3.72. The molecule has 0 heterocycles. The highest BCUT2D eigenvalue weighted by Gasteiger charge is 2.14. The highest BCUT2D eigenvalue weighted by molar-refractivity contribution is 9.09. The van der Waals surface area contributed by atoms with Crippen molar-refractivity contribution in [1.29, 1.82) is 0 Å². The van der Waals surface area contributed by atoms with E-state index in [0.717, 1.165) is 18.2 Å². The van der Waals surface area contributed by atoms with Gasteiger partial charge in [-0.1, -0.05) is 34.5 Å². The third-order valence-electron chi connectivity index (χ3n) is 2.48. The van der Waals surface area contributed by atoms with Gasteiger partial charge in [0.25, 0.3) is 5.91 Å². The summed E-state index contributed by atoms with van der Waals surface area (Å²) in [7, 11) is 0. The third kappa shape index (κ3) is 4.21. The molecule has 17 heavy (non-hydrogen) atoms. The highest BCUT2D eigenvalue weighted by Crippen LogP contribution is 2.21. The van der Waals surface area contributed by atoms with E-state index < -0.39 is 0 Å². The molecular formula is C12H15BrClNO2. The Morgan fingerprint density at radius 1 is 1.59 bits per heavy atom. The maximum Gasteiger partial charge on any atom is 0.253 e. The van der Waals surface area contributed by atoms with Crippen LogP contribution >= 0.6 is 27.5 Å². The summed E-state index contributed by atoms with van der Waals surface area (Å²) in [5.74, 6) is -0.216.